The molecule has 0 aliphatic heterocycles. The third-order valence-electron chi connectivity index (χ3n) is 1.86. The largest absolute Gasteiger partial charge is 0.324 e. The first-order valence-electron chi connectivity index (χ1n) is 4.15. The van der Waals surface area contributed by atoms with E-state index in [9.17, 15) is 9.59 Å². The highest BCUT2D eigenvalue weighted by Crippen LogP contribution is 2.17. The highest BCUT2D eigenvalue weighted by Gasteiger charge is 2.04. The average Bonchev–Trinajstić information content (AvgIpc) is 2.45. The van der Waals surface area contributed by atoms with E-state index in [4.69, 9.17) is 0 Å². The van der Waals surface area contributed by atoms with E-state index in [-0.39, 0.29) is 11.6 Å². The summed E-state index contributed by atoms with van der Waals surface area (Å²) in [6.45, 7) is 1.42. The molecule has 1 heterocycles. The highest BCUT2D eigenvalue weighted by molar-refractivity contribution is 5.98. The molecule has 14 heavy (non-hydrogen) atoms. The van der Waals surface area contributed by atoms with Crippen molar-refractivity contribution in [2.45, 2.75) is 6.92 Å². The van der Waals surface area contributed by atoms with Crippen LogP contribution in [-0.4, -0.2) is 15.9 Å². The van der Waals surface area contributed by atoms with Gasteiger partial charge in [-0.25, -0.2) is 4.79 Å². The molecule has 1 aromatic carbocycles. The molecule has 0 aliphatic carbocycles. The molecule has 1 aromatic heterocycles. The lowest BCUT2D eigenvalue weighted by molar-refractivity contribution is -0.114. The van der Waals surface area contributed by atoms with Gasteiger partial charge in [-0.15, -0.1) is 0 Å². The number of imidazole rings is 1. The van der Waals surface area contributed by atoms with Crippen LogP contribution in [0.5, 0.6) is 0 Å². The van der Waals surface area contributed by atoms with Gasteiger partial charge in [0.25, 0.3) is 0 Å². The number of fused-ring (bicyclic) bond motifs is 1. The van der Waals surface area contributed by atoms with Crippen LogP contribution in [-0.2, 0) is 4.79 Å². The number of para-hydroxylation sites is 1. The summed E-state index contributed by atoms with van der Waals surface area (Å²) in [7, 11) is 0. The topological polar surface area (TPSA) is 77.8 Å². The molecule has 72 valence electrons. The van der Waals surface area contributed by atoms with E-state index in [1.165, 1.54) is 6.92 Å². The van der Waals surface area contributed by atoms with E-state index >= 15 is 0 Å². The molecule has 0 spiro atoms. The van der Waals surface area contributed by atoms with Gasteiger partial charge >= 0.3 is 5.69 Å². The van der Waals surface area contributed by atoms with Crippen molar-refractivity contribution >= 4 is 22.6 Å². The van der Waals surface area contributed by atoms with E-state index in [1.807, 2.05) is 0 Å². The van der Waals surface area contributed by atoms with Crippen molar-refractivity contribution in [3.8, 4) is 0 Å². The zero-order valence-corrected chi connectivity index (χ0v) is 7.55. The van der Waals surface area contributed by atoms with Gasteiger partial charge in [0.2, 0.25) is 5.91 Å². The highest BCUT2D eigenvalue weighted by atomic mass is 16.1. The van der Waals surface area contributed by atoms with E-state index in [0.717, 1.165) is 0 Å². The maximum Gasteiger partial charge on any atom is 0.323 e. The van der Waals surface area contributed by atoms with E-state index < -0.39 is 0 Å². The maximum absolute atomic E-state index is 11.0. The summed E-state index contributed by atoms with van der Waals surface area (Å²) in [4.78, 5) is 27.1. The summed E-state index contributed by atoms with van der Waals surface area (Å²) in [5.41, 5.74) is 1.63. The minimum atomic E-state index is -0.280. The molecular weight excluding hydrogens is 182 g/mol. The number of hydrogen-bond donors (Lipinski definition) is 3. The van der Waals surface area contributed by atoms with Gasteiger partial charge < -0.3 is 15.3 Å². The number of nitrogens with one attached hydrogen (secondary N) is 3. The minimum Gasteiger partial charge on any atom is -0.324 e. The number of aromatic nitrogens is 2. The van der Waals surface area contributed by atoms with Crippen LogP contribution < -0.4 is 11.0 Å². The summed E-state index contributed by atoms with van der Waals surface area (Å²) in [6, 6.07) is 5.25. The zero-order chi connectivity index (χ0) is 10.1. The Hall–Kier alpha value is -2.04. The predicted molar refractivity (Wildman–Crippen MR) is 53.2 cm³/mol. The molecule has 2 rings (SSSR count). The number of aromatic amines is 2. The summed E-state index contributed by atoms with van der Waals surface area (Å²) >= 11 is 0. The third kappa shape index (κ3) is 1.39. The molecule has 0 saturated heterocycles. The fraction of sp³-hybridized carbons (Fsp3) is 0.111. The van der Waals surface area contributed by atoms with Crippen LogP contribution in [0.15, 0.2) is 23.0 Å². The zero-order valence-electron chi connectivity index (χ0n) is 7.55. The van der Waals surface area contributed by atoms with Gasteiger partial charge in [-0.3, -0.25) is 4.79 Å². The quantitative estimate of drug-likeness (QED) is 0.623. The van der Waals surface area contributed by atoms with Crippen LogP contribution in [0.4, 0.5) is 5.69 Å². The first kappa shape index (κ1) is 8.55. The fourth-order valence-corrected chi connectivity index (χ4v) is 1.35. The van der Waals surface area contributed by atoms with Crippen LogP contribution in [0.1, 0.15) is 6.92 Å². The molecular formula is C9H9N3O2. The van der Waals surface area contributed by atoms with Gasteiger partial charge in [-0.05, 0) is 12.1 Å². The first-order valence-corrected chi connectivity index (χ1v) is 4.15. The standard InChI is InChI=1S/C9H9N3O2/c1-5(13)10-6-3-2-4-7-8(6)12-9(14)11-7/h2-4H,1H3,(H,10,13)(H2,11,12,14). The van der Waals surface area contributed by atoms with Crippen molar-refractivity contribution in [2.24, 2.45) is 0 Å². The average molecular weight is 191 g/mol. The Morgan fingerprint density at radius 2 is 2.14 bits per heavy atom. The van der Waals surface area contributed by atoms with Crippen LogP contribution >= 0.6 is 0 Å². The van der Waals surface area contributed by atoms with Crippen molar-refractivity contribution < 1.29 is 4.79 Å². The Morgan fingerprint density at radius 1 is 1.36 bits per heavy atom. The Balaban J connectivity index is 2.64. The van der Waals surface area contributed by atoms with E-state index in [1.54, 1.807) is 18.2 Å². The Labute approximate surface area is 79.1 Å². The molecule has 1 amide bonds. The van der Waals surface area contributed by atoms with Crippen molar-refractivity contribution in [1.82, 2.24) is 9.97 Å². The minimum absolute atomic E-state index is 0.167. The number of anilines is 1. The van der Waals surface area contributed by atoms with Crippen molar-refractivity contribution in [2.75, 3.05) is 5.32 Å². The van der Waals surface area contributed by atoms with Gasteiger partial charge in [0.15, 0.2) is 0 Å². The normalized spacial score (nSPS) is 10.4. The lowest BCUT2D eigenvalue weighted by Crippen LogP contribution is -2.06. The van der Waals surface area contributed by atoms with Gasteiger partial charge in [-0.1, -0.05) is 6.07 Å². The molecule has 0 fully saturated rings. The third-order valence-corrected chi connectivity index (χ3v) is 1.86. The van der Waals surface area contributed by atoms with Gasteiger partial charge in [0, 0.05) is 6.92 Å². The monoisotopic (exact) mass is 191 g/mol. The van der Waals surface area contributed by atoms with E-state index in [2.05, 4.69) is 15.3 Å². The Kier molecular flexibility index (Phi) is 1.85. The number of carbonyl (C=O) groups is 1. The predicted octanol–water partition coefficient (Wildman–Crippen LogP) is 0.815. The summed E-state index contributed by atoms with van der Waals surface area (Å²) < 4.78 is 0. The molecule has 2 aromatic rings. The fourth-order valence-electron chi connectivity index (χ4n) is 1.35. The molecule has 3 N–H and O–H groups in total. The first-order chi connectivity index (χ1) is 6.66. The van der Waals surface area contributed by atoms with Crippen molar-refractivity contribution in [1.29, 1.82) is 0 Å². The lowest BCUT2D eigenvalue weighted by Gasteiger charge is -2.01. The number of H-pyrrole nitrogens is 2. The number of rotatable bonds is 1. The second kappa shape index (κ2) is 3.02. The summed E-state index contributed by atoms with van der Waals surface area (Å²) in [6.07, 6.45) is 0. The molecule has 0 radical (unpaired) electrons. The van der Waals surface area contributed by atoms with E-state index in [0.29, 0.717) is 16.7 Å². The number of hydrogen-bond acceptors (Lipinski definition) is 2. The molecule has 0 aliphatic rings. The molecule has 5 nitrogen and oxygen atoms in total. The van der Waals surface area contributed by atoms with Gasteiger partial charge in [0.05, 0.1) is 16.7 Å². The lowest BCUT2D eigenvalue weighted by atomic mass is 10.2. The second-order valence-corrected chi connectivity index (χ2v) is 2.99. The van der Waals surface area contributed by atoms with Gasteiger partial charge in [-0.2, -0.15) is 0 Å². The van der Waals surface area contributed by atoms with Gasteiger partial charge in [0.1, 0.15) is 0 Å². The molecule has 0 atom stereocenters. The van der Waals surface area contributed by atoms with Crippen LogP contribution in [0.25, 0.3) is 11.0 Å². The summed E-state index contributed by atoms with van der Waals surface area (Å²) in [5, 5.41) is 2.63. The molecule has 0 bridgehead atoms. The van der Waals surface area contributed by atoms with Crippen LogP contribution in [0.3, 0.4) is 0 Å². The molecule has 0 unspecified atom stereocenters. The molecule has 5 heteroatoms. The van der Waals surface area contributed by atoms with Crippen molar-refractivity contribution in [3.63, 3.8) is 0 Å². The van der Waals surface area contributed by atoms with Crippen molar-refractivity contribution in [3.05, 3.63) is 28.7 Å². The van der Waals surface area contributed by atoms with Crippen LogP contribution in [0, 0.1) is 0 Å². The molecule has 0 saturated carbocycles. The number of carbonyl (C=O) groups excluding carboxylic acids is 1. The number of amides is 1. The Bertz CT molecular complexity index is 538. The SMILES string of the molecule is CC(=O)Nc1cccc2[nH]c(=O)[nH]c12. The smallest absolute Gasteiger partial charge is 0.323 e. The number of benzene rings is 1. The second-order valence-electron chi connectivity index (χ2n) is 2.99. The Morgan fingerprint density at radius 3 is 2.86 bits per heavy atom. The maximum atomic E-state index is 11.0. The summed E-state index contributed by atoms with van der Waals surface area (Å²) in [5.74, 6) is -0.167. The van der Waals surface area contributed by atoms with Crippen LogP contribution in [0.2, 0.25) is 0 Å².